The van der Waals surface area contributed by atoms with Gasteiger partial charge in [0, 0.05) is 17.5 Å². The molecule has 0 N–H and O–H groups in total. The number of hydrogen-bond donors (Lipinski definition) is 0. The lowest BCUT2D eigenvalue weighted by atomic mass is 10.0. The first kappa shape index (κ1) is 14.7. The maximum Gasteiger partial charge on any atom is 0.221 e. The molecule has 0 aromatic heterocycles. The van der Waals surface area contributed by atoms with Crippen molar-refractivity contribution in [1.29, 1.82) is 0 Å². The van der Waals surface area contributed by atoms with Crippen LogP contribution in [0.1, 0.15) is 34.7 Å². The average molecular weight is 324 g/mol. The molecule has 3 aromatic rings. The van der Waals surface area contributed by atoms with E-state index in [0.29, 0.717) is 6.04 Å². The molecule has 1 aliphatic heterocycles. The van der Waals surface area contributed by atoms with Crippen molar-refractivity contribution in [3.63, 3.8) is 0 Å². The molecule has 25 heavy (non-hydrogen) atoms. The van der Waals surface area contributed by atoms with Crippen molar-refractivity contribution in [2.75, 3.05) is 0 Å². The van der Waals surface area contributed by atoms with Crippen molar-refractivity contribution in [2.24, 2.45) is 0 Å². The van der Waals surface area contributed by atoms with Gasteiger partial charge in [0.15, 0.2) is 6.04 Å². The summed E-state index contributed by atoms with van der Waals surface area (Å²) in [6.45, 7) is 6.85. The lowest BCUT2D eigenvalue weighted by Gasteiger charge is -2.09. The van der Waals surface area contributed by atoms with Gasteiger partial charge in [0.25, 0.3) is 0 Å². The fourth-order valence-electron chi connectivity index (χ4n) is 4.64. The second-order valence-electron chi connectivity index (χ2n) is 7.39. The quantitative estimate of drug-likeness (QED) is 0.380. The summed E-state index contributed by atoms with van der Waals surface area (Å²) in [7, 11) is 0. The van der Waals surface area contributed by atoms with Crippen molar-refractivity contribution in [3.8, 4) is 11.1 Å². The first-order valence-corrected chi connectivity index (χ1v) is 9.11. The second kappa shape index (κ2) is 5.16. The normalized spacial score (nSPS) is 17.5. The Morgan fingerprint density at radius 2 is 1.24 bits per heavy atom. The van der Waals surface area contributed by atoms with E-state index in [9.17, 15) is 0 Å². The number of rotatable bonds is 0. The highest BCUT2D eigenvalue weighted by molar-refractivity contribution is 6.22. The van der Waals surface area contributed by atoms with Crippen molar-refractivity contribution >= 4 is 11.4 Å². The monoisotopic (exact) mass is 324 g/mol. The molecular formula is C24H22N+. The van der Waals surface area contributed by atoms with E-state index in [1.54, 1.807) is 0 Å². The van der Waals surface area contributed by atoms with Gasteiger partial charge in [0.05, 0.1) is 11.1 Å². The molecule has 0 fully saturated rings. The highest BCUT2D eigenvalue weighted by Gasteiger charge is 2.40. The Labute approximate surface area is 149 Å². The summed E-state index contributed by atoms with van der Waals surface area (Å²) in [5, 5.41) is 0. The molecule has 0 radical (unpaired) electrons. The lowest BCUT2D eigenvalue weighted by Crippen LogP contribution is -2.23. The van der Waals surface area contributed by atoms with Gasteiger partial charge < -0.3 is 0 Å². The lowest BCUT2D eigenvalue weighted by molar-refractivity contribution is -0.468. The molecule has 122 valence electrons. The van der Waals surface area contributed by atoms with Gasteiger partial charge in [-0.15, -0.1) is 0 Å². The smallest absolute Gasteiger partial charge is 0.188 e. The molecule has 1 atom stereocenters. The molecule has 1 aliphatic carbocycles. The van der Waals surface area contributed by atoms with Crippen LogP contribution >= 0.6 is 0 Å². The first-order chi connectivity index (χ1) is 12.2. The van der Waals surface area contributed by atoms with Crippen LogP contribution in [-0.4, -0.2) is 16.3 Å². The molecule has 2 aliphatic rings. The first-order valence-electron chi connectivity index (χ1n) is 9.11. The molecule has 0 spiro atoms. The highest BCUT2D eigenvalue weighted by Crippen LogP contribution is 2.42. The Hall–Kier alpha value is -2.67. The third kappa shape index (κ3) is 1.93. The summed E-state index contributed by atoms with van der Waals surface area (Å²) in [6, 6.07) is 22.7. The number of fused-ring (bicyclic) bond motifs is 4. The minimum atomic E-state index is 0.476. The molecule has 1 heterocycles. The van der Waals surface area contributed by atoms with Gasteiger partial charge >= 0.3 is 0 Å². The minimum absolute atomic E-state index is 0.476. The van der Waals surface area contributed by atoms with E-state index in [0.717, 1.165) is 6.42 Å². The molecular weight excluding hydrogens is 302 g/mol. The van der Waals surface area contributed by atoms with E-state index in [1.807, 2.05) is 0 Å². The Balaban J connectivity index is 1.93. The van der Waals surface area contributed by atoms with Gasteiger partial charge in [0.1, 0.15) is 0 Å². The number of aryl methyl sites for hydroxylation is 2. The van der Waals surface area contributed by atoms with Crippen LogP contribution in [0, 0.1) is 13.8 Å². The summed E-state index contributed by atoms with van der Waals surface area (Å²) in [5.74, 6) is 0. The number of nitrogens with zero attached hydrogens (tertiary/aromatic N) is 1. The van der Waals surface area contributed by atoms with Gasteiger partial charge in [-0.05, 0) is 49.6 Å². The molecule has 0 saturated carbocycles. The summed E-state index contributed by atoms with van der Waals surface area (Å²) in [6.07, 6.45) is 1.12. The topological polar surface area (TPSA) is 3.01 Å². The van der Waals surface area contributed by atoms with Gasteiger partial charge in [-0.1, -0.05) is 48.5 Å². The van der Waals surface area contributed by atoms with Crippen LogP contribution in [0.5, 0.6) is 0 Å². The zero-order chi connectivity index (χ0) is 17.1. The van der Waals surface area contributed by atoms with E-state index in [-0.39, 0.29) is 0 Å². The Bertz CT molecular complexity index is 1010. The van der Waals surface area contributed by atoms with Gasteiger partial charge in [-0.2, -0.15) is 4.58 Å². The Morgan fingerprint density at radius 3 is 1.84 bits per heavy atom. The number of hydrogen-bond acceptors (Lipinski definition) is 0. The minimum Gasteiger partial charge on any atom is -0.188 e. The van der Waals surface area contributed by atoms with Crippen molar-refractivity contribution in [2.45, 2.75) is 33.2 Å². The molecule has 1 unspecified atom stereocenters. The fourth-order valence-corrected chi connectivity index (χ4v) is 4.64. The van der Waals surface area contributed by atoms with Crippen molar-refractivity contribution < 1.29 is 4.58 Å². The van der Waals surface area contributed by atoms with Crippen LogP contribution in [-0.2, 0) is 6.42 Å². The molecule has 0 bridgehead atoms. The third-order valence-electron chi connectivity index (χ3n) is 5.80. The van der Waals surface area contributed by atoms with E-state index < -0.39 is 0 Å². The Morgan fingerprint density at radius 1 is 0.720 bits per heavy atom. The molecule has 3 aromatic carbocycles. The van der Waals surface area contributed by atoms with Gasteiger partial charge in [0.2, 0.25) is 11.4 Å². The van der Waals surface area contributed by atoms with Crippen LogP contribution < -0.4 is 0 Å². The van der Waals surface area contributed by atoms with Gasteiger partial charge in [-0.25, -0.2) is 0 Å². The van der Waals surface area contributed by atoms with Crippen molar-refractivity contribution in [3.05, 3.63) is 88.5 Å². The Kier molecular flexibility index (Phi) is 3.03. The summed E-state index contributed by atoms with van der Waals surface area (Å²) < 4.78 is 2.60. The predicted molar refractivity (Wildman–Crippen MR) is 104 cm³/mol. The number of benzene rings is 3. The fraction of sp³-hybridized carbons (Fsp3) is 0.208. The summed E-state index contributed by atoms with van der Waals surface area (Å²) in [4.78, 5) is 0. The molecule has 5 rings (SSSR count). The van der Waals surface area contributed by atoms with Gasteiger partial charge in [-0.3, -0.25) is 0 Å². The predicted octanol–water partition coefficient (Wildman–Crippen LogP) is 5.41. The third-order valence-corrected chi connectivity index (χ3v) is 5.80. The molecule has 0 amide bonds. The largest absolute Gasteiger partial charge is 0.221 e. The molecule has 1 nitrogen and oxygen atoms in total. The summed E-state index contributed by atoms with van der Waals surface area (Å²) in [5.41, 5.74) is 12.6. The molecule has 1 heteroatoms. The van der Waals surface area contributed by atoms with Crippen molar-refractivity contribution in [1.82, 2.24) is 0 Å². The summed E-state index contributed by atoms with van der Waals surface area (Å²) >= 11 is 0. The van der Waals surface area contributed by atoms with Crippen LogP contribution in [0.4, 0.5) is 5.69 Å². The van der Waals surface area contributed by atoms with E-state index in [1.165, 1.54) is 50.3 Å². The highest BCUT2D eigenvalue weighted by atomic mass is 15.1. The SMILES string of the molecule is Cc1ccc(C)c2c1CC(C)[N+]2=C1c2ccccc2-c2ccccc21. The van der Waals surface area contributed by atoms with Crippen LogP contribution in [0.15, 0.2) is 60.7 Å². The maximum absolute atomic E-state index is 2.60. The van der Waals surface area contributed by atoms with E-state index in [4.69, 9.17) is 0 Å². The standard InChI is InChI=1S/C24H22N/c1-15-12-13-16(2)23-22(15)14-17(3)25(23)24-20-10-6-4-8-18(20)19-9-5-7-11-21(19)24/h4-13,17H,14H2,1-3H3/q+1. The zero-order valence-corrected chi connectivity index (χ0v) is 15.0. The zero-order valence-electron chi connectivity index (χ0n) is 15.0. The average Bonchev–Trinajstić information content (AvgIpc) is 3.14. The van der Waals surface area contributed by atoms with Crippen LogP contribution in [0.2, 0.25) is 0 Å². The van der Waals surface area contributed by atoms with Crippen LogP contribution in [0.3, 0.4) is 0 Å². The van der Waals surface area contributed by atoms with Crippen LogP contribution in [0.25, 0.3) is 11.1 Å². The second-order valence-corrected chi connectivity index (χ2v) is 7.39. The maximum atomic E-state index is 2.60. The molecule has 0 saturated heterocycles. The van der Waals surface area contributed by atoms with E-state index >= 15 is 0 Å². The van der Waals surface area contributed by atoms with E-state index in [2.05, 4.69) is 86.0 Å².